The highest BCUT2D eigenvalue weighted by Crippen LogP contribution is 2.26. The third kappa shape index (κ3) is 1.48. The van der Waals surface area contributed by atoms with E-state index in [9.17, 15) is 4.79 Å². The van der Waals surface area contributed by atoms with Crippen molar-refractivity contribution in [1.29, 1.82) is 0 Å². The Bertz CT molecular complexity index is 552. The normalized spacial score (nSPS) is 20.9. The van der Waals surface area contributed by atoms with E-state index in [-0.39, 0.29) is 11.2 Å². The van der Waals surface area contributed by atoms with Gasteiger partial charge >= 0.3 is 0 Å². The second kappa shape index (κ2) is 3.52. The SMILES string of the molecule is O=C1CC(S)CN1c1ccc2ncoc2c1. The number of carbonyl (C=O) groups excluding carboxylic acids is 1. The van der Waals surface area contributed by atoms with Crippen molar-refractivity contribution in [3.8, 4) is 0 Å². The fourth-order valence-electron chi connectivity index (χ4n) is 1.95. The zero-order valence-corrected chi connectivity index (χ0v) is 9.35. The van der Waals surface area contributed by atoms with Crippen LogP contribution in [0.5, 0.6) is 0 Å². The van der Waals surface area contributed by atoms with Crippen molar-refractivity contribution in [2.45, 2.75) is 11.7 Å². The molecule has 1 aliphatic heterocycles. The summed E-state index contributed by atoms with van der Waals surface area (Å²) in [5, 5.41) is 0.123. The molecule has 16 heavy (non-hydrogen) atoms. The number of thiol groups is 1. The summed E-state index contributed by atoms with van der Waals surface area (Å²) < 4.78 is 5.21. The first-order valence-electron chi connectivity index (χ1n) is 5.06. The van der Waals surface area contributed by atoms with E-state index in [0.717, 1.165) is 11.2 Å². The first-order valence-corrected chi connectivity index (χ1v) is 5.57. The van der Waals surface area contributed by atoms with Crippen LogP contribution in [0.2, 0.25) is 0 Å². The van der Waals surface area contributed by atoms with Crippen LogP contribution in [0.1, 0.15) is 6.42 Å². The van der Waals surface area contributed by atoms with Gasteiger partial charge in [-0.1, -0.05) is 0 Å². The van der Waals surface area contributed by atoms with Gasteiger partial charge in [0.05, 0.1) is 0 Å². The van der Waals surface area contributed by atoms with Crippen molar-refractivity contribution < 1.29 is 9.21 Å². The Kier molecular flexibility index (Phi) is 2.14. The number of nitrogens with zero attached hydrogens (tertiary/aromatic N) is 2. The minimum absolute atomic E-state index is 0.110. The quantitative estimate of drug-likeness (QED) is 0.766. The van der Waals surface area contributed by atoms with Gasteiger partial charge in [-0.05, 0) is 12.1 Å². The van der Waals surface area contributed by atoms with Gasteiger partial charge < -0.3 is 9.32 Å². The average molecular weight is 234 g/mol. The monoisotopic (exact) mass is 234 g/mol. The number of aromatic nitrogens is 1. The van der Waals surface area contributed by atoms with Gasteiger partial charge in [-0.15, -0.1) is 0 Å². The largest absolute Gasteiger partial charge is 0.443 e. The predicted molar refractivity (Wildman–Crippen MR) is 63.8 cm³/mol. The van der Waals surface area contributed by atoms with Crippen LogP contribution >= 0.6 is 12.6 Å². The average Bonchev–Trinajstić information content (AvgIpc) is 2.83. The molecule has 1 amide bonds. The Balaban J connectivity index is 2.02. The molecular weight excluding hydrogens is 224 g/mol. The van der Waals surface area contributed by atoms with E-state index < -0.39 is 0 Å². The first kappa shape index (κ1) is 9.72. The van der Waals surface area contributed by atoms with Crippen molar-refractivity contribution in [2.24, 2.45) is 0 Å². The van der Waals surface area contributed by atoms with Gasteiger partial charge in [0.15, 0.2) is 12.0 Å². The fraction of sp³-hybridized carbons (Fsp3) is 0.273. The standard InChI is InChI=1S/C11H10N2O2S/c14-11-4-8(16)5-13(11)7-1-2-9-10(3-7)15-6-12-9/h1-3,6,8,16H,4-5H2. The third-order valence-electron chi connectivity index (χ3n) is 2.73. The van der Waals surface area contributed by atoms with Crippen LogP contribution < -0.4 is 4.90 Å². The van der Waals surface area contributed by atoms with Crippen LogP contribution in [0.15, 0.2) is 29.0 Å². The molecule has 1 aromatic carbocycles. The van der Waals surface area contributed by atoms with E-state index in [0.29, 0.717) is 18.5 Å². The predicted octanol–water partition coefficient (Wildman–Crippen LogP) is 1.86. The molecule has 1 aromatic heterocycles. The molecule has 1 aliphatic rings. The highest BCUT2D eigenvalue weighted by molar-refractivity contribution is 7.81. The molecule has 1 unspecified atom stereocenters. The molecule has 4 nitrogen and oxygen atoms in total. The number of rotatable bonds is 1. The number of hydrogen-bond donors (Lipinski definition) is 1. The molecule has 2 aromatic rings. The number of hydrogen-bond acceptors (Lipinski definition) is 4. The number of benzene rings is 1. The maximum atomic E-state index is 11.7. The van der Waals surface area contributed by atoms with Crippen LogP contribution in [0.3, 0.4) is 0 Å². The van der Waals surface area contributed by atoms with E-state index in [1.165, 1.54) is 6.39 Å². The van der Waals surface area contributed by atoms with Gasteiger partial charge in [-0.25, -0.2) is 4.98 Å². The second-order valence-corrected chi connectivity index (χ2v) is 4.60. The first-order chi connectivity index (χ1) is 7.74. The molecule has 0 N–H and O–H groups in total. The Morgan fingerprint density at radius 3 is 3.12 bits per heavy atom. The molecule has 1 fully saturated rings. The van der Waals surface area contributed by atoms with Crippen molar-refractivity contribution >= 4 is 35.3 Å². The van der Waals surface area contributed by atoms with Crippen molar-refractivity contribution in [3.05, 3.63) is 24.6 Å². The molecular formula is C11H10N2O2S. The third-order valence-corrected chi connectivity index (χ3v) is 3.08. The highest BCUT2D eigenvalue weighted by atomic mass is 32.1. The minimum atomic E-state index is 0.110. The Morgan fingerprint density at radius 2 is 2.38 bits per heavy atom. The highest BCUT2D eigenvalue weighted by Gasteiger charge is 2.28. The van der Waals surface area contributed by atoms with Gasteiger partial charge in [0, 0.05) is 30.0 Å². The molecule has 0 bridgehead atoms. The molecule has 0 aliphatic carbocycles. The summed E-state index contributed by atoms with van der Waals surface area (Å²) >= 11 is 4.32. The zero-order valence-electron chi connectivity index (χ0n) is 8.46. The van der Waals surface area contributed by atoms with Gasteiger partial charge in [0.1, 0.15) is 5.52 Å². The lowest BCUT2D eigenvalue weighted by Gasteiger charge is -2.15. The molecule has 0 radical (unpaired) electrons. The van der Waals surface area contributed by atoms with Gasteiger partial charge in [0.2, 0.25) is 5.91 Å². The summed E-state index contributed by atoms with van der Waals surface area (Å²) in [6, 6.07) is 5.58. The van der Waals surface area contributed by atoms with Crippen LogP contribution in [0.4, 0.5) is 5.69 Å². The lowest BCUT2D eigenvalue weighted by Crippen LogP contribution is -2.24. The zero-order chi connectivity index (χ0) is 11.1. The van der Waals surface area contributed by atoms with Crippen LogP contribution in [0, 0.1) is 0 Å². The summed E-state index contributed by atoms with van der Waals surface area (Å²) in [5.41, 5.74) is 2.36. The van der Waals surface area contributed by atoms with Crippen LogP contribution in [-0.4, -0.2) is 22.7 Å². The van der Waals surface area contributed by atoms with E-state index in [2.05, 4.69) is 17.6 Å². The number of anilines is 1. The summed E-state index contributed by atoms with van der Waals surface area (Å²) in [6.07, 6.45) is 1.90. The summed E-state index contributed by atoms with van der Waals surface area (Å²) in [6.45, 7) is 0.654. The maximum Gasteiger partial charge on any atom is 0.228 e. The number of carbonyl (C=O) groups is 1. The van der Waals surface area contributed by atoms with Crippen molar-refractivity contribution in [1.82, 2.24) is 4.98 Å². The summed E-state index contributed by atoms with van der Waals surface area (Å²) in [5.74, 6) is 0.110. The molecule has 82 valence electrons. The van der Waals surface area contributed by atoms with Gasteiger partial charge in [0.25, 0.3) is 0 Å². The molecule has 0 spiro atoms. The number of amides is 1. The lowest BCUT2D eigenvalue weighted by atomic mass is 10.2. The molecule has 2 heterocycles. The van der Waals surface area contributed by atoms with Gasteiger partial charge in [-0.2, -0.15) is 12.6 Å². The van der Waals surface area contributed by atoms with E-state index >= 15 is 0 Å². The van der Waals surface area contributed by atoms with E-state index in [1.54, 1.807) is 4.90 Å². The number of oxazole rings is 1. The fourth-order valence-corrected chi connectivity index (χ4v) is 2.27. The van der Waals surface area contributed by atoms with Gasteiger partial charge in [-0.3, -0.25) is 4.79 Å². The van der Waals surface area contributed by atoms with Crippen molar-refractivity contribution in [3.63, 3.8) is 0 Å². The smallest absolute Gasteiger partial charge is 0.228 e. The lowest BCUT2D eigenvalue weighted by molar-refractivity contribution is -0.117. The molecule has 5 heteroatoms. The van der Waals surface area contributed by atoms with E-state index in [4.69, 9.17) is 4.42 Å². The minimum Gasteiger partial charge on any atom is -0.443 e. The Morgan fingerprint density at radius 1 is 1.50 bits per heavy atom. The maximum absolute atomic E-state index is 11.7. The molecule has 1 saturated heterocycles. The molecule has 0 saturated carbocycles. The Labute approximate surface area is 97.7 Å². The molecule has 1 atom stereocenters. The topological polar surface area (TPSA) is 46.3 Å². The Hall–Kier alpha value is -1.49. The summed E-state index contributed by atoms with van der Waals surface area (Å²) in [7, 11) is 0. The van der Waals surface area contributed by atoms with Crippen molar-refractivity contribution in [2.75, 3.05) is 11.4 Å². The van der Waals surface area contributed by atoms with E-state index in [1.807, 2.05) is 18.2 Å². The summed E-state index contributed by atoms with van der Waals surface area (Å²) in [4.78, 5) is 17.5. The number of fused-ring (bicyclic) bond motifs is 1. The molecule has 3 rings (SSSR count). The van der Waals surface area contributed by atoms with Crippen LogP contribution in [-0.2, 0) is 4.79 Å². The van der Waals surface area contributed by atoms with Crippen LogP contribution in [0.25, 0.3) is 11.1 Å². The second-order valence-electron chi connectivity index (χ2n) is 3.87.